The number of carbonyl (C=O) groups is 1. The van der Waals surface area contributed by atoms with Crippen LogP contribution in [0.3, 0.4) is 0 Å². The van der Waals surface area contributed by atoms with Gasteiger partial charge in [-0.25, -0.2) is 0 Å². The van der Waals surface area contributed by atoms with Crippen LogP contribution in [-0.4, -0.2) is 5.78 Å². The van der Waals surface area contributed by atoms with Gasteiger partial charge in [-0.3, -0.25) is 4.79 Å². The van der Waals surface area contributed by atoms with Gasteiger partial charge in [-0.05, 0) is 39.9 Å². The number of hydrogen-bond acceptors (Lipinski definition) is 1. The highest BCUT2D eigenvalue weighted by molar-refractivity contribution is 6.13. The van der Waals surface area contributed by atoms with E-state index in [4.69, 9.17) is 0 Å². The first-order valence-corrected chi connectivity index (χ1v) is 7.39. The molecular weight excluding hydrogens is 256 g/mol. The highest BCUT2D eigenvalue weighted by atomic mass is 16.1. The molecule has 0 heterocycles. The van der Waals surface area contributed by atoms with Crippen molar-refractivity contribution in [1.82, 2.24) is 0 Å². The number of ketones is 1. The Morgan fingerprint density at radius 1 is 0.905 bits per heavy atom. The summed E-state index contributed by atoms with van der Waals surface area (Å²) in [6.45, 7) is 2.02. The minimum Gasteiger partial charge on any atom is -0.294 e. The lowest BCUT2D eigenvalue weighted by Gasteiger charge is -2.08. The Kier molecular flexibility index (Phi) is 2.68. The third-order valence-corrected chi connectivity index (χ3v) is 4.44. The summed E-state index contributed by atoms with van der Waals surface area (Å²) in [6, 6.07) is 21.0. The largest absolute Gasteiger partial charge is 0.294 e. The maximum atomic E-state index is 12.5. The zero-order chi connectivity index (χ0) is 14.4. The molecule has 1 heteroatoms. The lowest BCUT2D eigenvalue weighted by molar-refractivity contribution is 0.0947. The molecule has 0 fully saturated rings. The van der Waals surface area contributed by atoms with Crippen molar-refractivity contribution in [3.8, 4) is 11.1 Å². The second-order valence-electron chi connectivity index (χ2n) is 5.87. The zero-order valence-corrected chi connectivity index (χ0v) is 12.0. The summed E-state index contributed by atoms with van der Waals surface area (Å²) in [7, 11) is 0. The molecule has 0 N–H and O–H groups in total. The maximum Gasteiger partial charge on any atom is 0.166 e. The Labute approximate surface area is 124 Å². The minimum absolute atomic E-state index is 0.117. The first-order valence-electron chi connectivity index (χ1n) is 7.39. The first-order chi connectivity index (χ1) is 10.2. The van der Waals surface area contributed by atoms with E-state index < -0.39 is 0 Å². The lowest BCUT2D eigenvalue weighted by Crippen LogP contribution is -2.03. The van der Waals surface area contributed by atoms with Crippen LogP contribution < -0.4 is 0 Å². The monoisotopic (exact) mass is 272 g/mol. The van der Waals surface area contributed by atoms with Crippen LogP contribution in [-0.2, 0) is 6.42 Å². The summed E-state index contributed by atoms with van der Waals surface area (Å²) < 4.78 is 0. The van der Waals surface area contributed by atoms with E-state index in [1.807, 2.05) is 25.1 Å². The van der Waals surface area contributed by atoms with Gasteiger partial charge in [-0.2, -0.15) is 0 Å². The molecule has 21 heavy (non-hydrogen) atoms. The van der Waals surface area contributed by atoms with Crippen LogP contribution >= 0.6 is 0 Å². The molecular formula is C20H16O. The van der Waals surface area contributed by atoms with Gasteiger partial charge in [0, 0.05) is 11.5 Å². The normalized spacial score (nSPS) is 17.2. The molecule has 0 radical (unpaired) electrons. The van der Waals surface area contributed by atoms with Crippen LogP contribution in [0.1, 0.15) is 22.8 Å². The quantitative estimate of drug-likeness (QED) is 0.617. The molecule has 3 aromatic rings. The number of rotatable bonds is 1. The van der Waals surface area contributed by atoms with Crippen LogP contribution in [0.5, 0.6) is 0 Å². The fraction of sp³-hybridized carbons (Fsp3) is 0.150. The smallest absolute Gasteiger partial charge is 0.166 e. The molecule has 0 saturated carbocycles. The van der Waals surface area contributed by atoms with Crippen molar-refractivity contribution < 1.29 is 4.79 Å². The zero-order valence-electron chi connectivity index (χ0n) is 12.0. The van der Waals surface area contributed by atoms with Crippen molar-refractivity contribution in [2.75, 3.05) is 0 Å². The summed E-state index contributed by atoms with van der Waals surface area (Å²) in [5, 5.41) is 2.25. The molecule has 102 valence electrons. The minimum atomic E-state index is 0.117. The number of benzene rings is 3. The van der Waals surface area contributed by atoms with Gasteiger partial charge in [0.05, 0.1) is 0 Å². The highest BCUT2D eigenvalue weighted by Gasteiger charge is 2.28. The van der Waals surface area contributed by atoms with E-state index in [-0.39, 0.29) is 5.92 Å². The fourth-order valence-corrected chi connectivity index (χ4v) is 3.31. The number of fused-ring (bicyclic) bond motifs is 3. The van der Waals surface area contributed by atoms with Crippen molar-refractivity contribution in [3.05, 3.63) is 71.8 Å². The van der Waals surface area contributed by atoms with Gasteiger partial charge in [-0.15, -0.1) is 0 Å². The van der Waals surface area contributed by atoms with Crippen molar-refractivity contribution in [1.29, 1.82) is 0 Å². The fourth-order valence-electron chi connectivity index (χ4n) is 3.31. The second-order valence-corrected chi connectivity index (χ2v) is 5.87. The van der Waals surface area contributed by atoms with E-state index in [1.54, 1.807) is 0 Å². The van der Waals surface area contributed by atoms with E-state index in [0.717, 1.165) is 22.8 Å². The average molecular weight is 272 g/mol. The Hall–Kier alpha value is -2.41. The number of Topliss-reactive ketones (excluding diaryl/α,β-unsaturated/α-hetero) is 1. The van der Waals surface area contributed by atoms with Crippen LogP contribution in [0.2, 0.25) is 0 Å². The molecule has 1 nitrogen and oxygen atoms in total. The molecule has 3 aromatic carbocycles. The van der Waals surface area contributed by atoms with E-state index >= 15 is 0 Å². The summed E-state index contributed by atoms with van der Waals surface area (Å²) in [5.41, 5.74) is 4.50. The molecule has 0 aromatic heterocycles. The summed E-state index contributed by atoms with van der Waals surface area (Å²) in [5.74, 6) is 0.409. The van der Waals surface area contributed by atoms with Gasteiger partial charge in [0.15, 0.2) is 5.78 Å². The molecule has 0 amide bonds. The van der Waals surface area contributed by atoms with E-state index in [0.29, 0.717) is 5.78 Å². The van der Waals surface area contributed by atoms with Crippen molar-refractivity contribution in [2.45, 2.75) is 13.3 Å². The lowest BCUT2D eigenvalue weighted by atomic mass is 9.96. The van der Waals surface area contributed by atoms with Crippen LogP contribution in [0.15, 0.2) is 60.7 Å². The Morgan fingerprint density at radius 3 is 2.48 bits per heavy atom. The first kappa shape index (κ1) is 12.3. The summed E-state index contributed by atoms with van der Waals surface area (Å²) in [6.07, 6.45) is 0.875. The van der Waals surface area contributed by atoms with Crippen LogP contribution in [0.4, 0.5) is 0 Å². The van der Waals surface area contributed by atoms with Gasteiger partial charge in [0.2, 0.25) is 0 Å². The standard InChI is InChI=1S/C20H16O/c1-13-11-17-10-8-15-7-9-16(14-5-3-2-4-6-14)12-18(15)19(17)20(13)21/h2-10,12-13H,11H2,1H3. The predicted octanol–water partition coefficient (Wildman–Crippen LogP) is 4.88. The topological polar surface area (TPSA) is 17.1 Å². The predicted molar refractivity (Wildman–Crippen MR) is 86.6 cm³/mol. The van der Waals surface area contributed by atoms with E-state index in [2.05, 4.69) is 42.5 Å². The molecule has 4 rings (SSSR count). The molecule has 1 aliphatic rings. The van der Waals surface area contributed by atoms with Gasteiger partial charge in [0.1, 0.15) is 0 Å². The van der Waals surface area contributed by atoms with Crippen molar-refractivity contribution >= 4 is 16.6 Å². The molecule has 1 aliphatic carbocycles. The molecule has 0 saturated heterocycles. The highest BCUT2D eigenvalue weighted by Crippen LogP contribution is 2.34. The molecule has 1 atom stereocenters. The molecule has 0 aliphatic heterocycles. The second kappa shape index (κ2) is 4.56. The van der Waals surface area contributed by atoms with E-state index in [9.17, 15) is 4.79 Å². The van der Waals surface area contributed by atoms with Gasteiger partial charge >= 0.3 is 0 Å². The van der Waals surface area contributed by atoms with Crippen molar-refractivity contribution in [2.24, 2.45) is 5.92 Å². The molecule has 0 spiro atoms. The number of carbonyl (C=O) groups excluding carboxylic acids is 1. The average Bonchev–Trinajstić information content (AvgIpc) is 2.83. The van der Waals surface area contributed by atoms with Crippen molar-refractivity contribution in [3.63, 3.8) is 0 Å². The van der Waals surface area contributed by atoms with Crippen LogP contribution in [0.25, 0.3) is 21.9 Å². The number of hydrogen-bond donors (Lipinski definition) is 0. The Morgan fingerprint density at radius 2 is 1.67 bits per heavy atom. The van der Waals surface area contributed by atoms with E-state index in [1.165, 1.54) is 16.7 Å². The third kappa shape index (κ3) is 1.89. The van der Waals surface area contributed by atoms with Gasteiger partial charge in [-0.1, -0.05) is 61.5 Å². The summed E-state index contributed by atoms with van der Waals surface area (Å²) >= 11 is 0. The maximum absolute atomic E-state index is 12.5. The SMILES string of the molecule is CC1Cc2ccc3ccc(-c4ccccc4)cc3c2C1=O. The van der Waals surface area contributed by atoms with Crippen LogP contribution in [0, 0.1) is 5.92 Å². The van der Waals surface area contributed by atoms with Gasteiger partial charge < -0.3 is 0 Å². The third-order valence-electron chi connectivity index (χ3n) is 4.44. The molecule has 1 unspecified atom stereocenters. The molecule has 0 bridgehead atoms. The Bertz CT molecular complexity index is 846. The Balaban J connectivity index is 1.98. The summed E-state index contributed by atoms with van der Waals surface area (Å²) in [4.78, 5) is 12.5. The van der Waals surface area contributed by atoms with Gasteiger partial charge in [0.25, 0.3) is 0 Å².